The number of anilines is 2. The number of rotatable bonds is 4. The number of carbonyl (C=O) groups excluding carboxylic acids is 1. The van der Waals surface area contributed by atoms with Crippen LogP contribution in [0.3, 0.4) is 0 Å². The third-order valence-electron chi connectivity index (χ3n) is 3.20. The Hall–Kier alpha value is -2.29. The van der Waals surface area contributed by atoms with Crippen LogP contribution < -0.4 is 11.1 Å². The average molecular weight is 284 g/mol. The van der Waals surface area contributed by atoms with Gasteiger partial charge in [-0.25, -0.2) is 0 Å². The minimum Gasteiger partial charge on any atom is -0.399 e. The number of aryl methyl sites for hydroxylation is 1. The highest BCUT2D eigenvalue weighted by molar-refractivity contribution is 6.09. The van der Waals surface area contributed by atoms with Crippen LogP contribution >= 0.6 is 0 Å². The molecule has 112 valence electrons. The summed E-state index contributed by atoms with van der Waals surface area (Å²) in [7, 11) is 1.87. The molecule has 2 rings (SSSR count). The molecule has 0 aliphatic heterocycles. The average Bonchev–Trinajstić information content (AvgIpc) is 2.56. The summed E-state index contributed by atoms with van der Waals surface area (Å²) in [4.78, 5) is 12.4. The van der Waals surface area contributed by atoms with Crippen LogP contribution in [0.1, 0.15) is 42.3 Å². The monoisotopic (exact) mass is 284 g/mol. The van der Waals surface area contributed by atoms with Crippen molar-refractivity contribution < 1.29 is 4.79 Å². The molecule has 0 bridgehead atoms. The molecule has 0 saturated carbocycles. The lowest BCUT2D eigenvalue weighted by molar-refractivity contribution is 0.103. The van der Waals surface area contributed by atoms with Crippen molar-refractivity contribution >= 4 is 17.2 Å². The van der Waals surface area contributed by atoms with Crippen molar-refractivity contribution in [2.45, 2.75) is 27.2 Å². The van der Waals surface area contributed by atoms with E-state index in [1.165, 1.54) is 5.56 Å². The normalized spacial score (nSPS) is 9.52. The van der Waals surface area contributed by atoms with Crippen LogP contribution in [0.5, 0.6) is 0 Å². The maximum absolute atomic E-state index is 12.4. The lowest BCUT2D eigenvalue weighted by Gasteiger charge is -2.09. The molecule has 21 heavy (non-hydrogen) atoms. The molecule has 3 heteroatoms. The lowest BCUT2D eigenvalue weighted by Crippen LogP contribution is -2.04. The Morgan fingerprint density at radius 1 is 1.05 bits per heavy atom. The van der Waals surface area contributed by atoms with Crippen LogP contribution in [0, 0.1) is 0 Å². The number of ketones is 1. The number of nitrogen functional groups attached to an aromatic ring is 1. The molecule has 2 aromatic carbocycles. The van der Waals surface area contributed by atoms with Crippen LogP contribution in [0.15, 0.2) is 42.5 Å². The Bertz CT molecular complexity index is 589. The number of carbonyl (C=O) groups is 1. The van der Waals surface area contributed by atoms with Crippen molar-refractivity contribution in [2.75, 3.05) is 18.1 Å². The molecule has 0 heterocycles. The Morgan fingerprint density at radius 2 is 1.62 bits per heavy atom. The summed E-state index contributed by atoms with van der Waals surface area (Å²) >= 11 is 0. The van der Waals surface area contributed by atoms with Crippen LogP contribution in [0.2, 0.25) is 0 Å². The van der Waals surface area contributed by atoms with E-state index < -0.39 is 0 Å². The van der Waals surface area contributed by atoms with Crippen LogP contribution in [0.25, 0.3) is 0 Å². The minimum absolute atomic E-state index is 0.0131. The Kier molecular flexibility index (Phi) is 6.47. The van der Waals surface area contributed by atoms with Gasteiger partial charge < -0.3 is 11.1 Å². The van der Waals surface area contributed by atoms with Crippen LogP contribution in [-0.2, 0) is 6.42 Å². The molecule has 0 amide bonds. The van der Waals surface area contributed by atoms with Gasteiger partial charge in [-0.2, -0.15) is 0 Å². The van der Waals surface area contributed by atoms with E-state index in [4.69, 9.17) is 5.73 Å². The van der Waals surface area contributed by atoms with Gasteiger partial charge in [0.2, 0.25) is 0 Å². The molecule has 2 aromatic rings. The molecular formula is C18H24N2O. The van der Waals surface area contributed by atoms with Crippen LogP contribution in [0.4, 0.5) is 11.4 Å². The molecule has 0 saturated heterocycles. The maximum atomic E-state index is 12.4. The summed E-state index contributed by atoms with van der Waals surface area (Å²) in [6.45, 7) is 6.09. The molecule has 3 nitrogen and oxygen atoms in total. The zero-order chi connectivity index (χ0) is 15.8. The zero-order valence-electron chi connectivity index (χ0n) is 13.2. The van der Waals surface area contributed by atoms with E-state index in [0.717, 1.165) is 12.1 Å². The first-order chi connectivity index (χ1) is 10.2. The van der Waals surface area contributed by atoms with Gasteiger partial charge in [-0.05, 0) is 42.3 Å². The minimum atomic E-state index is 0.0131. The summed E-state index contributed by atoms with van der Waals surface area (Å²) in [5.74, 6) is 0.0131. The topological polar surface area (TPSA) is 55.1 Å². The Morgan fingerprint density at radius 3 is 2.14 bits per heavy atom. The second-order valence-corrected chi connectivity index (χ2v) is 4.43. The van der Waals surface area contributed by atoms with Crippen molar-refractivity contribution in [1.29, 1.82) is 0 Å². The summed E-state index contributed by atoms with van der Waals surface area (Å²) < 4.78 is 0. The van der Waals surface area contributed by atoms with Gasteiger partial charge in [-0.15, -0.1) is 0 Å². The predicted octanol–water partition coefficient (Wildman–Crippen LogP) is 4.13. The standard InChI is InChI=1S/C16H18N2O.C2H6/c1-3-11-4-5-13(10-15(11)18-2)16(19)12-6-8-14(17)9-7-12;1-2/h4-10,18H,3,17H2,1-2H3;1-2H3. The van der Waals surface area contributed by atoms with Gasteiger partial charge in [0, 0.05) is 29.5 Å². The van der Waals surface area contributed by atoms with Gasteiger partial charge in [-0.3, -0.25) is 4.79 Å². The van der Waals surface area contributed by atoms with E-state index in [1.807, 2.05) is 39.1 Å². The first-order valence-corrected chi connectivity index (χ1v) is 7.36. The van der Waals surface area contributed by atoms with Crippen LogP contribution in [-0.4, -0.2) is 12.8 Å². The number of hydrogen-bond donors (Lipinski definition) is 2. The number of benzene rings is 2. The number of nitrogens with two attached hydrogens (primary N) is 1. The fourth-order valence-electron chi connectivity index (χ4n) is 2.06. The molecule has 0 radical (unpaired) electrons. The molecule has 0 aliphatic rings. The highest BCUT2D eigenvalue weighted by Crippen LogP contribution is 2.20. The van der Waals surface area contributed by atoms with E-state index in [-0.39, 0.29) is 5.78 Å². The molecule has 0 unspecified atom stereocenters. The Balaban J connectivity index is 0.00000106. The predicted molar refractivity (Wildman–Crippen MR) is 91.0 cm³/mol. The summed E-state index contributed by atoms with van der Waals surface area (Å²) in [6.07, 6.45) is 0.937. The molecule has 0 aromatic heterocycles. The molecule has 0 fully saturated rings. The van der Waals surface area contributed by atoms with Gasteiger partial charge in [0.25, 0.3) is 0 Å². The van der Waals surface area contributed by atoms with E-state index in [0.29, 0.717) is 16.8 Å². The molecule has 0 atom stereocenters. The molecule has 3 N–H and O–H groups in total. The smallest absolute Gasteiger partial charge is 0.193 e. The highest BCUT2D eigenvalue weighted by atomic mass is 16.1. The second-order valence-electron chi connectivity index (χ2n) is 4.43. The largest absolute Gasteiger partial charge is 0.399 e. The van der Waals surface area contributed by atoms with Gasteiger partial charge in [0.05, 0.1) is 0 Å². The van der Waals surface area contributed by atoms with Gasteiger partial charge >= 0.3 is 0 Å². The fraction of sp³-hybridized carbons (Fsp3) is 0.278. The fourth-order valence-corrected chi connectivity index (χ4v) is 2.06. The SMILES string of the molecule is CC.CCc1ccc(C(=O)c2ccc(N)cc2)cc1NC. The highest BCUT2D eigenvalue weighted by Gasteiger charge is 2.10. The van der Waals surface area contributed by atoms with E-state index in [1.54, 1.807) is 24.3 Å². The van der Waals surface area contributed by atoms with E-state index in [2.05, 4.69) is 12.2 Å². The van der Waals surface area contributed by atoms with Gasteiger partial charge in [0.15, 0.2) is 5.78 Å². The third-order valence-corrected chi connectivity index (χ3v) is 3.20. The maximum Gasteiger partial charge on any atom is 0.193 e. The third kappa shape index (κ3) is 4.09. The van der Waals surface area contributed by atoms with Crippen molar-refractivity contribution in [3.8, 4) is 0 Å². The van der Waals surface area contributed by atoms with Crippen molar-refractivity contribution in [1.82, 2.24) is 0 Å². The number of hydrogen-bond acceptors (Lipinski definition) is 3. The van der Waals surface area contributed by atoms with Crippen molar-refractivity contribution in [3.63, 3.8) is 0 Å². The summed E-state index contributed by atoms with van der Waals surface area (Å²) in [5.41, 5.74) is 9.84. The van der Waals surface area contributed by atoms with Crippen molar-refractivity contribution in [2.24, 2.45) is 0 Å². The molecule has 0 spiro atoms. The first kappa shape index (κ1) is 16.8. The van der Waals surface area contributed by atoms with E-state index >= 15 is 0 Å². The van der Waals surface area contributed by atoms with Gasteiger partial charge in [-0.1, -0.05) is 32.9 Å². The summed E-state index contributed by atoms with van der Waals surface area (Å²) in [6, 6.07) is 12.8. The van der Waals surface area contributed by atoms with E-state index in [9.17, 15) is 4.79 Å². The van der Waals surface area contributed by atoms with Crippen molar-refractivity contribution in [3.05, 3.63) is 59.2 Å². The zero-order valence-corrected chi connectivity index (χ0v) is 13.2. The lowest BCUT2D eigenvalue weighted by atomic mass is 10.00. The Labute approximate surface area is 127 Å². The number of nitrogens with one attached hydrogen (secondary N) is 1. The molecular weight excluding hydrogens is 260 g/mol. The van der Waals surface area contributed by atoms with Gasteiger partial charge in [0.1, 0.15) is 0 Å². The summed E-state index contributed by atoms with van der Waals surface area (Å²) in [5, 5.41) is 3.13. The second kappa shape index (κ2) is 8.10. The molecule has 0 aliphatic carbocycles. The first-order valence-electron chi connectivity index (χ1n) is 7.36. The quantitative estimate of drug-likeness (QED) is 0.655.